The fourth-order valence-electron chi connectivity index (χ4n) is 4.12. The number of unbranched alkanes of at least 4 members (excludes halogenated alkanes) is 1. The van der Waals surface area contributed by atoms with E-state index >= 15 is 0 Å². The van der Waals surface area contributed by atoms with Gasteiger partial charge in [-0.2, -0.15) is 20.1 Å². The van der Waals surface area contributed by atoms with Gasteiger partial charge in [0.05, 0.1) is 21.6 Å². The first-order valence-corrected chi connectivity index (χ1v) is 13.8. The van der Waals surface area contributed by atoms with Gasteiger partial charge in [-0.25, -0.2) is 0 Å². The summed E-state index contributed by atoms with van der Waals surface area (Å²) in [5.74, 6) is 1.62. The van der Waals surface area contributed by atoms with E-state index in [1.807, 2.05) is 19.2 Å². The number of non-ortho nitro benzene ring substituents is 1. The van der Waals surface area contributed by atoms with Crippen LogP contribution in [0.3, 0.4) is 0 Å². The first-order chi connectivity index (χ1) is 20.2. The molecule has 0 spiro atoms. The standard InChI is InChI=1S/C27H37N11O4/c1-4-6-8-19(5-2)18-30-27-32-25(28)31-26(33-27)29-15-7-16-36(3)21-11-9-20(10-12-21)34-35-23-14-13-22(37(39)40)17-24(23)38(41)42/h9-14,17,19H,4-8,15-16,18H2,1-3H3,(H4,28,29,30,31,32,33). The van der Waals surface area contributed by atoms with Crippen molar-refractivity contribution in [1.29, 1.82) is 0 Å². The lowest BCUT2D eigenvalue weighted by atomic mass is 9.99. The van der Waals surface area contributed by atoms with E-state index in [0.29, 0.717) is 30.0 Å². The molecule has 15 nitrogen and oxygen atoms in total. The van der Waals surface area contributed by atoms with Crippen molar-refractivity contribution in [2.45, 2.75) is 46.0 Å². The largest absolute Gasteiger partial charge is 0.375 e. The van der Waals surface area contributed by atoms with Crippen LogP contribution in [0.5, 0.6) is 0 Å². The second kappa shape index (κ2) is 15.7. The second-order valence-electron chi connectivity index (χ2n) is 9.74. The van der Waals surface area contributed by atoms with E-state index in [4.69, 9.17) is 5.73 Å². The molecule has 1 unspecified atom stereocenters. The minimum Gasteiger partial charge on any atom is -0.375 e. The van der Waals surface area contributed by atoms with Crippen LogP contribution in [-0.4, -0.2) is 51.5 Å². The number of rotatable bonds is 17. The van der Waals surface area contributed by atoms with Crippen LogP contribution >= 0.6 is 0 Å². The van der Waals surface area contributed by atoms with Crippen LogP contribution < -0.4 is 21.3 Å². The highest BCUT2D eigenvalue weighted by atomic mass is 16.6. The summed E-state index contributed by atoms with van der Waals surface area (Å²) >= 11 is 0. The number of hydrogen-bond donors (Lipinski definition) is 3. The van der Waals surface area contributed by atoms with Gasteiger partial charge < -0.3 is 21.3 Å². The summed E-state index contributed by atoms with van der Waals surface area (Å²) < 4.78 is 0. The highest BCUT2D eigenvalue weighted by molar-refractivity contribution is 5.62. The number of aromatic nitrogens is 3. The third-order valence-electron chi connectivity index (χ3n) is 6.63. The van der Waals surface area contributed by atoms with Crippen LogP contribution in [0.4, 0.5) is 46.3 Å². The molecule has 0 amide bonds. The monoisotopic (exact) mass is 579 g/mol. The zero-order valence-corrected chi connectivity index (χ0v) is 24.1. The van der Waals surface area contributed by atoms with E-state index in [2.05, 4.69) is 54.6 Å². The van der Waals surface area contributed by atoms with Crippen LogP contribution in [-0.2, 0) is 0 Å². The lowest BCUT2D eigenvalue weighted by Gasteiger charge is -2.19. The molecule has 224 valence electrons. The Hall–Kier alpha value is -4.95. The normalized spacial score (nSPS) is 11.8. The molecular formula is C27H37N11O4. The summed E-state index contributed by atoms with van der Waals surface area (Å²) in [6.07, 6.45) is 5.43. The molecule has 0 aliphatic rings. The first-order valence-electron chi connectivity index (χ1n) is 13.8. The van der Waals surface area contributed by atoms with E-state index in [1.165, 1.54) is 25.3 Å². The van der Waals surface area contributed by atoms with Crippen molar-refractivity contribution in [3.63, 3.8) is 0 Å². The van der Waals surface area contributed by atoms with Crippen molar-refractivity contribution in [2.24, 2.45) is 16.1 Å². The van der Waals surface area contributed by atoms with Crippen LogP contribution in [0, 0.1) is 26.1 Å². The van der Waals surface area contributed by atoms with E-state index in [9.17, 15) is 20.2 Å². The number of nitrogen functional groups attached to an aromatic ring is 1. The molecule has 1 heterocycles. The molecule has 0 saturated heterocycles. The highest BCUT2D eigenvalue weighted by Gasteiger charge is 2.19. The minimum atomic E-state index is -0.725. The van der Waals surface area contributed by atoms with E-state index in [0.717, 1.165) is 43.8 Å². The van der Waals surface area contributed by atoms with E-state index in [1.54, 1.807) is 12.1 Å². The Morgan fingerprint density at radius 2 is 1.67 bits per heavy atom. The highest BCUT2D eigenvalue weighted by Crippen LogP contribution is 2.32. The Balaban J connectivity index is 1.50. The molecule has 0 bridgehead atoms. The molecule has 3 aromatic rings. The Morgan fingerprint density at radius 1 is 0.952 bits per heavy atom. The van der Waals surface area contributed by atoms with Crippen LogP contribution in [0.1, 0.15) is 46.0 Å². The molecule has 2 aromatic carbocycles. The summed E-state index contributed by atoms with van der Waals surface area (Å²) in [4.78, 5) is 35.7. The number of hydrogen-bond acceptors (Lipinski definition) is 13. The van der Waals surface area contributed by atoms with Gasteiger partial charge in [0.1, 0.15) is 0 Å². The summed E-state index contributed by atoms with van der Waals surface area (Å²) in [5, 5.41) is 36.7. The molecule has 15 heteroatoms. The molecular weight excluding hydrogens is 542 g/mol. The van der Waals surface area contributed by atoms with Gasteiger partial charge in [-0.05, 0) is 49.1 Å². The van der Waals surface area contributed by atoms with Crippen molar-refractivity contribution in [1.82, 2.24) is 15.0 Å². The zero-order valence-electron chi connectivity index (χ0n) is 24.1. The van der Waals surface area contributed by atoms with Gasteiger partial charge in [-0.3, -0.25) is 20.2 Å². The third-order valence-corrected chi connectivity index (χ3v) is 6.63. The average molecular weight is 580 g/mol. The lowest BCUT2D eigenvalue weighted by Crippen LogP contribution is -2.21. The smallest absolute Gasteiger partial charge is 0.303 e. The van der Waals surface area contributed by atoms with Gasteiger partial charge in [0.25, 0.3) is 5.69 Å². The maximum atomic E-state index is 11.3. The molecule has 1 aromatic heterocycles. The predicted molar refractivity (Wildman–Crippen MR) is 163 cm³/mol. The number of nitrogens with zero attached hydrogens (tertiary/aromatic N) is 8. The summed E-state index contributed by atoms with van der Waals surface area (Å²) in [6, 6.07) is 10.4. The topological polar surface area (TPSA) is 203 Å². The van der Waals surface area contributed by atoms with Crippen molar-refractivity contribution in [3.8, 4) is 0 Å². The molecule has 3 rings (SSSR count). The molecule has 0 aliphatic carbocycles. The van der Waals surface area contributed by atoms with Gasteiger partial charge >= 0.3 is 5.69 Å². The Morgan fingerprint density at radius 3 is 2.31 bits per heavy atom. The minimum absolute atomic E-state index is 0.0701. The Labute approximate surface area is 244 Å². The number of nitro groups is 2. The van der Waals surface area contributed by atoms with Crippen LogP contribution in [0.2, 0.25) is 0 Å². The van der Waals surface area contributed by atoms with Gasteiger partial charge in [-0.15, -0.1) is 5.11 Å². The predicted octanol–water partition coefficient (Wildman–Crippen LogP) is 6.25. The molecule has 0 fully saturated rings. The Bertz CT molecular complexity index is 1370. The van der Waals surface area contributed by atoms with Gasteiger partial charge in [-0.1, -0.05) is 33.1 Å². The van der Waals surface area contributed by atoms with Crippen molar-refractivity contribution in [2.75, 3.05) is 47.9 Å². The zero-order chi connectivity index (χ0) is 30.5. The number of anilines is 4. The second-order valence-corrected chi connectivity index (χ2v) is 9.74. The summed E-state index contributed by atoms with van der Waals surface area (Å²) in [5.41, 5.74) is 6.37. The number of nitrogens with two attached hydrogens (primary N) is 1. The average Bonchev–Trinajstić information content (AvgIpc) is 2.98. The molecule has 0 saturated carbocycles. The van der Waals surface area contributed by atoms with E-state index in [-0.39, 0.29) is 17.3 Å². The number of azo groups is 1. The van der Waals surface area contributed by atoms with Gasteiger partial charge in [0.2, 0.25) is 17.8 Å². The van der Waals surface area contributed by atoms with Crippen molar-refractivity contribution < 1.29 is 9.85 Å². The number of benzene rings is 2. The Kier molecular flexibility index (Phi) is 11.8. The quantitative estimate of drug-likeness (QED) is 0.0705. The number of nitrogens with one attached hydrogen (secondary N) is 2. The third kappa shape index (κ3) is 9.60. The molecule has 1 atom stereocenters. The van der Waals surface area contributed by atoms with Gasteiger partial charge in [0.15, 0.2) is 5.69 Å². The SMILES string of the molecule is CCCCC(CC)CNc1nc(N)nc(NCCCN(C)c2ccc(N=Nc3ccc([N+](=O)[O-])cc3[N+](=O)[O-])cc2)n1. The van der Waals surface area contributed by atoms with Crippen LogP contribution in [0.25, 0.3) is 0 Å². The van der Waals surface area contributed by atoms with Gasteiger partial charge in [0, 0.05) is 38.4 Å². The molecule has 4 N–H and O–H groups in total. The maximum Gasteiger partial charge on any atom is 0.303 e. The first kappa shape index (κ1) is 31.6. The van der Waals surface area contributed by atoms with Crippen LogP contribution in [0.15, 0.2) is 52.7 Å². The summed E-state index contributed by atoms with van der Waals surface area (Å²) in [6.45, 7) is 6.54. The summed E-state index contributed by atoms with van der Waals surface area (Å²) in [7, 11) is 1.96. The van der Waals surface area contributed by atoms with Crippen molar-refractivity contribution >= 4 is 46.3 Å². The van der Waals surface area contributed by atoms with E-state index < -0.39 is 15.5 Å². The molecule has 0 radical (unpaired) electrons. The lowest BCUT2D eigenvalue weighted by molar-refractivity contribution is -0.393. The molecule has 42 heavy (non-hydrogen) atoms. The number of nitro benzene ring substituents is 2. The fourth-order valence-corrected chi connectivity index (χ4v) is 4.12. The maximum absolute atomic E-state index is 11.3. The fraction of sp³-hybridized carbons (Fsp3) is 0.444. The van der Waals surface area contributed by atoms with Crippen molar-refractivity contribution in [3.05, 3.63) is 62.7 Å². The molecule has 0 aliphatic heterocycles.